The number of rotatable bonds is 5. The second kappa shape index (κ2) is 5.59. The molecular weight excluding hydrogens is 226 g/mol. The summed E-state index contributed by atoms with van der Waals surface area (Å²) in [4.78, 5) is 11.1. The summed E-state index contributed by atoms with van der Waals surface area (Å²) in [6.45, 7) is 4.86. The fourth-order valence-corrected chi connectivity index (χ4v) is 3.20. The van der Waals surface area contributed by atoms with Crippen molar-refractivity contribution >= 4 is 5.97 Å². The molecule has 0 unspecified atom stereocenters. The third-order valence-corrected chi connectivity index (χ3v) is 4.27. The molecule has 1 aromatic rings. The molecule has 1 heterocycles. The molecule has 1 aromatic heterocycles. The van der Waals surface area contributed by atoms with Crippen LogP contribution in [-0.2, 0) is 6.54 Å². The standard InChI is InChI=1S/C15H23NO2/c1-11-10-14(15(17)18)12(2)16(11)9-5-8-13-6-3-4-7-13/h10,13H,3-9H2,1-2H3,(H,17,18). The molecule has 3 heteroatoms. The third kappa shape index (κ3) is 2.77. The zero-order valence-corrected chi connectivity index (χ0v) is 11.4. The molecule has 0 amide bonds. The highest BCUT2D eigenvalue weighted by Gasteiger charge is 2.16. The van der Waals surface area contributed by atoms with Crippen LogP contribution >= 0.6 is 0 Å². The van der Waals surface area contributed by atoms with E-state index in [2.05, 4.69) is 4.57 Å². The normalized spacial score (nSPS) is 16.3. The Bertz CT molecular complexity index is 428. The number of hydrogen-bond donors (Lipinski definition) is 1. The molecule has 1 fully saturated rings. The first kappa shape index (κ1) is 13.2. The van der Waals surface area contributed by atoms with Crippen molar-refractivity contribution in [2.75, 3.05) is 0 Å². The van der Waals surface area contributed by atoms with E-state index in [-0.39, 0.29) is 0 Å². The van der Waals surface area contributed by atoms with Crippen molar-refractivity contribution in [2.24, 2.45) is 5.92 Å². The van der Waals surface area contributed by atoms with E-state index in [1.54, 1.807) is 6.07 Å². The van der Waals surface area contributed by atoms with Gasteiger partial charge in [-0.05, 0) is 38.7 Å². The van der Waals surface area contributed by atoms with E-state index in [1.165, 1.54) is 38.5 Å². The van der Waals surface area contributed by atoms with Crippen LogP contribution in [0.5, 0.6) is 0 Å². The van der Waals surface area contributed by atoms with Crippen LogP contribution in [0, 0.1) is 19.8 Å². The number of carboxylic acid groups (broad SMARTS) is 1. The van der Waals surface area contributed by atoms with E-state index < -0.39 is 5.97 Å². The van der Waals surface area contributed by atoms with Gasteiger partial charge < -0.3 is 9.67 Å². The average molecular weight is 249 g/mol. The molecular formula is C15H23NO2. The maximum atomic E-state index is 11.1. The quantitative estimate of drug-likeness (QED) is 0.863. The molecule has 1 aliphatic carbocycles. The minimum Gasteiger partial charge on any atom is -0.478 e. The predicted molar refractivity (Wildman–Crippen MR) is 72.1 cm³/mol. The van der Waals surface area contributed by atoms with Crippen LogP contribution in [0.25, 0.3) is 0 Å². The van der Waals surface area contributed by atoms with Gasteiger partial charge in [-0.25, -0.2) is 4.79 Å². The van der Waals surface area contributed by atoms with Gasteiger partial charge in [0.25, 0.3) is 0 Å². The maximum absolute atomic E-state index is 11.1. The molecule has 1 N–H and O–H groups in total. The first-order chi connectivity index (χ1) is 8.59. The van der Waals surface area contributed by atoms with Crippen molar-refractivity contribution in [2.45, 2.75) is 58.9 Å². The summed E-state index contributed by atoms with van der Waals surface area (Å²) >= 11 is 0. The van der Waals surface area contributed by atoms with E-state index in [4.69, 9.17) is 5.11 Å². The first-order valence-electron chi connectivity index (χ1n) is 6.99. The van der Waals surface area contributed by atoms with Gasteiger partial charge >= 0.3 is 5.97 Å². The predicted octanol–water partition coefficient (Wildman–Crippen LogP) is 3.77. The molecule has 2 rings (SSSR count). The van der Waals surface area contributed by atoms with Crippen LogP contribution < -0.4 is 0 Å². The molecule has 3 nitrogen and oxygen atoms in total. The SMILES string of the molecule is Cc1cc(C(=O)O)c(C)n1CCCC1CCCC1. The molecule has 0 saturated heterocycles. The minimum absolute atomic E-state index is 0.452. The number of aromatic carboxylic acids is 1. The van der Waals surface area contributed by atoms with Crippen molar-refractivity contribution in [1.82, 2.24) is 4.57 Å². The van der Waals surface area contributed by atoms with Gasteiger partial charge in [-0.3, -0.25) is 0 Å². The van der Waals surface area contributed by atoms with Gasteiger partial charge in [0.05, 0.1) is 5.56 Å². The van der Waals surface area contributed by atoms with Gasteiger partial charge in [0, 0.05) is 17.9 Å². The Kier molecular flexibility index (Phi) is 4.10. The summed E-state index contributed by atoms with van der Waals surface area (Å²) in [5.41, 5.74) is 2.41. The highest BCUT2D eigenvalue weighted by atomic mass is 16.4. The van der Waals surface area contributed by atoms with E-state index in [9.17, 15) is 4.79 Å². The molecule has 0 atom stereocenters. The van der Waals surface area contributed by atoms with Crippen LogP contribution in [0.2, 0.25) is 0 Å². The van der Waals surface area contributed by atoms with Crippen molar-refractivity contribution in [3.63, 3.8) is 0 Å². The number of aromatic nitrogens is 1. The zero-order chi connectivity index (χ0) is 13.1. The number of aryl methyl sites for hydroxylation is 1. The monoisotopic (exact) mass is 249 g/mol. The fraction of sp³-hybridized carbons (Fsp3) is 0.667. The average Bonchev–Trinajstić information content (AvgIpc) is 2.91. The van der Waals surface area contributed by atoms with Gasteiger partial charge in [0.2, 0.25) is 0 Å². The fourth-order valence-electron chi connectivity index (χ4n) is 3.20. The molecule has 1 saturated carbocycles. The minimum atomic E-state index is -0.815. The highest BCUT2D eigenvalue weighted by Crippen LogP contribution is 2.29. The lowest BCUT2D eigenvalue weighted by Gasteiger charge is -2.12. The Labute approximate surface area is 109 Å². The van der Waals surface area contributed by atoms with Gasteiger partial charge in [-0.1, -0.05) is 25.7 Å². The summed E-state index contributed by atoms with van der Waals surface area (Å²) in [6.07, 6.45) is 8.04. The van der Waals surface area contributed by atoms with Crippen LogP contribution in [0.3, 0.4) is 0 Å². The van der Waals surface area contributed by atoms with Crippen molar-refractivity contribution in [1.29, 1.82) is 0 Å². The summed E-state index contributed by atoms with van der Waals surface area (Å²) in [5, 5.41) is 9.09. The van der Waals surface area contributed by atoms with Gasteiger partial charge in [0.1, 0.15) is 0 Å². The van der Waals surface area contributed by atoms with Gasteiger partial charge in [-0.15, -0.1) is 0 Å². The molecule has 0 radical (unpaired) electrons. The Balaban J connectivity index is 1.94. The summed E-state index contributed by atoms with van der Waals surface area (Å²) in [7, 11) is 0. The Hall–Kier alpha value is -1.25. The summed E-state index contributed by atoms with van der Waals surface area (Å²) < 4.78 is 2.15. The van der Waals surface area contributed by atoms with Crippen LogP contribution in [0.1, 0.15) is 60.3 Å². The summed E-state index contributed by atoms with van der Waals surface area (Å²) in [6, 6.07) is 1.78. The molecule has 0 spiro atoms. The third-order valence-electron chi connectivity index (χ3n) is 4.27. The lowest BCUT2D eigenvalue weighted by molar-refractivity contribution is 0.0696. The van der Waals surface area contributed by atoms with E-state index >= 15 is 0 Å². The smallest absolute Gasteiger partial charge is 0.337 e. The van der Waals surface area contributed by atoms with Crippen molar-refractivity contribution in [3.05, 3.63) is 23.0 Å². The molecule has 0 bridgehead atoms. The molecule has 0 aliphatic heterocycles. The second-order valence-electron chi connectivity index (χ2n) is 5.53. The van der Waals surface area contributed by atoms with Crippen LogP contribution in [0.15, 0.2) is 6.07 Å². The van der Waals surface area contributed by atoms with Crippen molar-refractivity contribution < 1.29 is 9.90 Å². The Morgan fingerprint density at radius 2 is 2.06 bits per heavy atom. The molecule has 18 heavy (non-hydrogen) atoms. The highest BCUT2D eigenvalue weighted by molar-refractivity contribution is 5.89. The first-order valence-corrected chi connectivity index (χ1v) is 6.99. The second-order valence-corrected chi connectivity index (χ2v) is 5.53. The summed E-state index contributed by atoms with van der Waals surface area (Å²) in [5.74, 6) is 0.102. The van der Waals surface area contributed by atoms with Crippen molar-refractivity contribution in [3.8, 4) is 0 Å². The van der Waals surface area contributed by atoms with E-state index in [0.717, 1.165) is 23.9 Å². The van der Waals surface area contributed by atoms with Crippen LogP contribution in [-0.4, -0.2) is 15.6 Å². The Morgan fingerprint density at radius 3 is 2.61 bits per heavy atom. The van der Waals surface area contributed by atoms with E-state index in [1.807, 2.05) is 13.8 Å². The number of carboxylic acids is 1. The maximum Gasteiger partial charge on any atom is 0.337 e. The zero-order valence-electron chi connectivity index (χ0n) is 11.4. The lowest BCUT2D eigenvalue weighted by atomic mass is 10.0. The lowest BCUT2D eigenvalue weighted by Crippen LogP contribution is -2.06. The number of hydrogen-bond acceptors (Lipinski definition) is 1. The molecule has 100 valence electrons. The van der Waals surface area contributed by atoms with Crippen LogP contribution in [0.4, 0.5) is 0 Å². The number of nitrogens with zero attached hydrogens (tertiary/aromatic N) is 1. The topological polar surface area (TPSA) is 42.2 Å². The molecule has 1 aliphatic rings. The number of carbonyl (C=O) groups is 1. The van der Waals surface area contributed by atoms with Gasteiger partial charge in [-0.2, -0.15) is 0 Å². The largest absolute Gasteiger partial charge is 0.478 e. The van der Waals surface area contributed by atoms with Gasteiger partial charge in [0.15, 0.2) is 0 Å². The van der Waals surface area contributed by atoms with E-state index in [0.29, 0.717) is 5.56 Å². The molecule has 0 aromatic carbocycles. The Morgan fingerprint density at radius 1 is 1.39 bits per heavy atom.